The first-order valence-corrected chi connectivity index (χ1v) is 8.08. The van der Waals surface area contributed by atoms with Crippen molar-refractivity contribution >= 4 is 13.2 Å². The number of ether oxygens (including phenoxy) is 1. The van der Waals surface area contributed by atoms with Gasteiger partial charge in [-0.2, -0.15) is 0 Å². The molecule has 124 valence electrons. The van der Waals surface area contributed by atoms with Crippen molar-refractivity contribution in [3.63, 3.8) is 0 Å². The van der Waals surface area contributed by atoms with E-state index >= 15 is 0 Å². The highest BCUT2D eigenvalue weighted by molar-refractivity contribution is 6.54. The van der Waals surface area contributed by atoms with Crippen LogP contribution in [0.15, 0.2) is 11.5 Å². The second-order valence-electron chi connectivity index (χ2n) is 7.53. The Balaban J connectivity index is 1.91. The zero-order chi connectivity index (χ0) is 16.5. The van der Waals surface area contributed by atoms with Crippen LogP contribution in [0, 0.1) is 5.92 Å². The van der Waals surface area contributed by atoms with Crippen molar-refractivity contribution in [3.8, 4) is 0 Å². The zero-order valence-electron chi connectivity index (χ0n) is 14.6. The van der Waals surface area contributed by atoms with Crippen molar-refractivity contribution in [2.45, 2.75) is 59.2 Å². The molecule has 2 rings (SSSR count). The van der Waals surface area contributed by atoms with Gasteiger partial charge in [-0.3, -0.25) is 0 Å². The quantitative estimate of drug-likeness (QED) is 0.752. The largest absolute Gasteiger partial charge is 0.490 e. The Bertz CT molecular complexity index is 443. The summed E-state index contributed by atoms with van der Waals surface area (Å²) in [6.07, 6.45) is 2.55. The summed E-state index contributed by atoms with van der Waals surface area (Å²) < 4.78 is 17.4. The summed E-state index contributed by atoms with van der Waals surface area (Å²) in [5.74, 6) is 0.351. The molecule has 0 unspecified atom stereocenters. The third kappa shape index (κ3) is 3.66. The highest BCUT2D eigenvalue weighted by atomic mass is 16.7. The third-order valence-electron chi connectivity index (χ3n) is 4.60. The Morgan fingerprint density at radius 3 is 2.36 bits per heavy atom. The molecule has 1 saturated heterocycles. The normalized spacial score (nSPS) is 23.7. The van der Waals surface area contributed by atoms with E-state index < -0.39 is 0 Å². The summed E-state index contributed by atoms with van der Waals surface area (Å²) in [5.41, 5.74) is 0.462. The fraction of sp³-hybridized carbons (Fsp3) is 0.812. The topological polar surface area (TPSA) is 48.0 Å². The van der Waals surface area contributed by atoms with Crippen LogP contribution in [0.25, 0.3) is 0 Å². The predicted octanol–water partition coefficient (Wildman–Crippen LogP) is 3.04. The van der Waals surface area contributed by atoms with E-state index in [0.29, 0.717) is 25.6 Å². The lowest BCUT2D eigenvalue weighted by atomic mass is 9.75. The number of nitrogens with zero attached hydrogens (tertiary/aromatic N) is 1. The summed E-state index contributed by atoms with van der Waals surface area (Å²) in [5, 5.41) is 0. The van der Waals surface area contributed by atoms with Gasteiger partial charge in [0.1, 0.15) is 0 Å². The van der Waals surface area contributed by atoms with E-state index in [-0.39, 0.29) is 24.4 Å². The minimum atomic E-state index is -0.328. The minimum Gasteiger partial charge on any atom is -0.449 e. The number of hydrogen-bond donors (Lipinski definition) is 0. The molecule has 0 atom stereocenters. The van der Waals surface area contributed by atoms with Crippen molar-refractivity contribution in [1.82, 2.24) is 4.90 Å². The average molecular weight is 309 g/mol. The minimum absolute atomic E-state index is 0.238. The highest BCUT2D eigenvalue weighted by Crippen LogP contribution is 2.39. The molecule has 2 heterocycles. The van der Waals surface area contributed by atoms with Crippen LogP contribution in [0.1, 0.15) is 48.0 Å². The lowest BCUT2D eigenvalue weighted by molar-refractivity contribution is 0.00578. The molecular formula is C16H28BNO4. The van der Waals surface area contributed by atoms with E-state index in [1.54, 1.807) is 4.90 Å². The molecule has 2 aliphatic rings. The fourth-order valence-electron chi connectivity index (χ4n) is 2.39. The molecule has 0 bridgehead atoms. The van der Waals surface area contributed by atoms with Gasteiger partial charge >= 0.3 is 13.2 Å². The first-order chi connectivity index (χ1) is 10.1. The fourth-order valence-corrected chi connectivity index (χ4v) is 2.39. The van der Waals surface area contributed by atoms with Crippen molar-refractivity contribution in [3.05, 3.63) is 11.5 Å². The number of rotatable bonds is 3. The van der Waals surface area contributed by atoms with Gasteiger partial charge in [0.15, 0.2) is 0 Å². The van der Waals surface area contributed by atoms with E-state index in [2.05, 4.69) is 0 Å². The monoisotopic (exact) mass is 309 g/mol. The molecule has 6 heteroatoms. The molecule has 0 aliphatic carbocycles. The molecular weight excluding hydrogens is 281 g/mol. The number of carbonyl (C=O) groups excluding carboxylic acids is 1. The zero-order valence-corrected chi connectivity index (χ0v) is 14.6. The molecule has 0 saturated carbocycles. The van der Waals surface area contributed by atoms with E-state index in [1.165, 1.54) is 0 Å². The maximum Gasteiger partial charge on any atom is 0.490 e. The van der Waals surface area contributed by atoms with Gasteiger partial charge in [0, 0.05) is 13.1 Å². The molecule has 0 aromatic rings. The van der Waals surface area contributed by atoms with Gasteiger partial charge < -0.3 is 18.9 Å². The van der Waals surface area contributed by atoms with Crippen molar-refractivity contribution in [1.29, 1.82) is 0 Å². The van der Waals surface area contributed by atoms with Crippen LogP contribution in [0.4, 0.5) is 4.79 Å². The van der Waals surface area contributed by atoms with Crippen molar-refractivity contribution in [2.75, 3.05) is 19.7 Å². The molecule has 0 N–H and O–H groups in total. The summed E-state index contributed by atoms with van der Waals surface area (Å²) in [7, 11) is -0.307. The maximum absolute atomic E-state index is 11.9. The van der Waals surface area contributed by atoms with E-state index in [1.807, 2.05) is 47.6 Å². The highest BCUT2D eigenvalue weighted by Gasteiger charge is 2.52. The van der Waals surface area contributed by atoms with Gasteiger partial charge in [0.2, 0.25) is 0 Å². The Morgan fingerprint density at radius 1 is 1.32 bits per heavy atom. The summed E-state index contributed by atoms with van der Waals surface area (Å²) >= 11 is 0. The second kappa shape index (κ2) is 6.24. The molecule has 0 aromatic carbocycles. The standard InChI is InChI=1S/C16H28BNO4/c1-12(2)11-20-14(19)18-9-7-13(8-10-18)17-21-15(3,4)16(5,6)22-17/h7,12H,8-11H2,1-6H3. The number of amides is 1. The second-order valence-corrected chi connectivity index (χ2v) is 7.53. The molecule has 0 aromatic heterocycles. The van der Waals surface area contributed by atoms with Gasteiger partial charge in [-0.25, -0.2) is 4.79 Å². The van der Waals surface area contributed by atoms with Crippen LogP contribution >= 0.6 is 0 Å². The molecule has 1 fully saturated rings. The molecule has 22 heavy (non-hydrogen) atoms. The van der Waals surface area contributed by atoms with Gasteiger partial charge in [0.25, 0.3) is 0 Å². The van der Waals surface area contributed by atoms with Crippen LogP contribution in [-0.4, -0.2) is 49.0 Å². The Kier molecular flexibility index (Phi) is 4.92. The predicted molar refractivity (Wildman–Crippen MR) is 86.5 cm³/mol. The maximum atomic E-state index is 11.9. The Labute approximate surface area is 134 Å². The molecule has 0 spiro atoms. The summed E-state index contributed by atoms with van der Waals surface area (Å²) in [4.78, 5) is 13.7. The molecule has 2 aliphatic heterocycles. The van der Waals surface area contributed by atoms with E-state index in [0.717, 1.165) is 11.9 Å². The lowest BCUT2D eigenvalue weighted by Crippen LogP contribution is -2.41. The molecule has 0 radical (unpaired) electrons. The third-order valence-corrected chi connectivity index (χ3v) is 4.60. The smallest absolute Gasteiger partial charge is 0.449 e. The van der Waals surface area contributed by atoms with Gasteiger partial charge in [0.05, 0.1) is 17.8 Å². The van der Waals surface area contributed by atoms with Crippen LogP contribution < -0.4 is 0 Å². The van der Waals surface area contributed by atoms with Crippen LogP contribution in [0.2, 0.25) is 0 Å². The molecule has 5 nitrogen and oxygen atoms in total. The first-order valence-electron chi connectivity index (χ1n) is 8.08. The van der Waals surface area contributed by atoms with Crippen LogP contribution in [0.5, 0.6) is 0 Å². The van der Waals surface area contributed by atoms with Gasteiger partial charge in [-0.15, -0.1) is 0 Å². The number of hydrogen-bond acceptors (Lipinski definition) is 4. The Hall–Kier alpha value is -1.01. The molecule has 1 amide bonds. The van der Waals surface area contributed by atoms with E-state index in [9.17, 15) is 4.79 Å². The lowest BCUT2D eigenvalue weighted by Gasteiger charge is -2.32. The van der Waals surface area contributed by atoms with Gasteiger partial charge in [-0.1, -0.05) is 19.9 Å². The van der Waals surface area contributed by atoms with Crippen molar-refractivity contribution in [2.24, 2.45) is 5.92 Å². The average Bonchev–Trinajstić information content (AvgIpc) is 2.65. The van der Waals surface area contributed by atoms with E-state index in [4.69, 9.17) is 14.0 Å². The Morgan fingerprint density at radius 2 is 1.91 bits per heavy atom. The summed E-state index contributed by atoms with van der Waals surface area (Å²) in [6.45, 7) is 13.9. The SMILES string of the molecule is CC(C)COC(=O)N1CC=C(B2OC(C)(C)C(C)(C)O2)CC1. The van der Waals surface area contributed by atoms with Gasteiger partial charge in [-0.05, 0) is 45.5 Å². The van der Waals surface area contributed by atoms with Crippen molar-refractivity contribution < 1.29 is 18.8 Å². The van der Waals surface area contributed by atoms with Crippen LogP contribution in [-0.2, 0) is 14.0 Å². The first kappa shape index (κ1) is 17.4. The summed E-state index contributed by atoms with van der Waals surface area (Å²) in [6, 6.07) is 0. The number of carbonyl (C=O) groups is 1. The van der Waals surface area contributed by atoms with Crippen LogP contribution in [0.3, 0.4) is 0 Å².